The Kier molecular flexibility index (Phi) is 5.21. The molecule has 24 heavy (non-hydrogen) atoms. The van der Waals surface area contributed by atoms with Crippen LogP contribution in [0, 0.1) is 6.92 Å². The van der Waals surface area contributed by atoms with Gasteiger partial charge < -0.3 is 10.6 Å². The van der Waals surface area contributed by atoms with Crippen molar-refractivity contribution in [1.82, 2.24) is 15.3 Å². The van der Waals surface area contributed by atoms with Gasteiger partial charge >= 0.3 is 0 Å². The molecule has 5 nitrogen and oxygen atoms in total. The molecular weight excluding hydrogens is 347 g/mol. The predicted octanol–water partition coefficient (Wildman–Crippen LogP) is 4.51. The number of anilines is 2. The molecule has 1 fully saturated rings. The minimum absolute atomic E-state index is 0.162. The number of amides is 1. The number of hydrogen-bond acceptors (Lipinski definition) is 4. The van der Waals surface area contributed by atoms with Crippen LogP contribution in [-0.4, -0.2) is 21.9 Å². The molecule has 0 bridgehead atoms. The maximum Gasteiger partial charge on any atom is 0.270 e. The summed E-state index contributed by atoms with van der Waals surface area (Å²) in [4.78, 5) is 21.0. The number of aryl methyl sites for hydroxylation is 1. The molecule has 1 aliphatic rings. The van der Waals surface area contributed by atoms with Crippen LogP contribution in [0.4, 0.5) is 11.6 Å². The molecule has 3 rings (SSSR count). The summed E-state index contributed by atoms with van der Waals surface area (Å²) in [5.41, 5.74) is 1.78. The molecule has 0 unspecified atom stereocenters. The molecular formula is C17H18Cl2N4O. The lowest BCUT2D eigenvalue weighted by molar-refractivity contribution is 0.0932. The van der Waals surface area contributed by atoms with Gasteiger partial charge in [-0.15, -0.1) is 0 Å². The highest BCUT2D eigenvalue weighted by atomic mass is 35.5. The molecule has 0 saturated heterocycles. The first kappa shape index (κ1) is 17.0. The number of rotatable bonds is 4. The lowest BCUT2D eigenvalue weighted by Crippen LogP contribution is -2.33. The fraction of sp³-hybridized carbons (Fsp3) is 0.353. The van der Waals surface area contributed by atoms with Gasteiger partial charge in [-0.2, -0.15) is 0 Å². The van der Waals surface area contributed by atoms with Gasteiger partial charge in [-0.25, -0.2) is 9.97 Å². The summed E-state index contributed by atoms with van der Waals surface area (Å²) in [5.74, 6) is 0.189. The van der Waals surface area contributed by atoms with Crippen molar-refractivity contribution in [3.8, 4) is 0 Å². The van der Waals surface area contributed by atoms with E-state index in [1.165, 1.54) is 0 Å². The molecule has 0 spiro atoms. The van der Waals surface area contributed by atoms with Crippen molar-refractivity contribution >= 4 is 40.7 Å². The molecule has 1 aromatic heterocycles. The van der Waals surface area contributed by atoms with Crippen molar-refractivity contribution in [2.45, 2.75) is 38.6 Å². The molecule has 7 heteroatoms. The average molecular weight is 365 g/mol. The third-order valence-corrected chi connectivity index (χ3v) is 4.69. The quantitative estimate of drug-likeness (QED) is 0.837. The third-order valence-electron chi connectivity index (χ3n) is 3.95. The van der Waals surface area contributed by atoms with Crippen LogP contribution in [0.25, 0.3) is 0 Å². The van der Waals surface area contributed by atoms with Crippen LogP contribution in [0.5, 0.6) is 0 Å². The number of carbonyl (C=O) groups is 1. The average Bonchev–Trinajstić information content (AvgIpc) is 3.03. The number of hydrogen-bond donors (Lipinski definition) is 2. The van der Waals surface area contributed by atoms with Gasteiger partial charge in [0, 0.05) is 17.4 Å². The topological polar surface area (TPSA) is 66.9 Å². The largest absolute Gasteiger partial charge is 0.348 e. The van der Waals surface area contributed by atoms with Gasteiger partial charge in [0.25, 0.3) is 5.91 Å². The van der Waals surface area contributed by atoms with Crippen molar-refractivity contribution in [2.75, 3.05) is 5.32 Å². The normalized spacial score (nSPS) is 14.6. The molecule has 0 atom stereocenters. The van der Waals surface area contributed by atoms with Crippen LogP contribution >= 0.6 is 23.2 Å². The molecule has 1 saturated carbocycles. The molecule has 1 amide bonds. The van der Waals surface area contributed by atoms with Crippen LogP contribution in [0.2, 0.25) is 10.0 Å². The highest BCUT2D eigenvalue weighted by Gasteiger charge is 2.19. The van der Waals surface area contributed by atoms with Gasteiger partial charge in [0.2, 0.25) is 5.95 Å². The minimum Gasteiger partial charge on any atom is -0.348 e. The Morgan fingerprint density at radius 1 is 1.12 bits per heavy atom. The Hall–Kier alpha value is -1.85. The first-order valence-electron chi connectivity index (χ1n) is 7.90. The first-order chi connectivity index (χ1) is 11.5. The van der Waals surface area contributed by atoms with E-state index in [1.807, 2.05) is 6.92 Å². The number of nitrogens with one attached hydrogen (secondary N) is 2. The Morgan fingerprint density at radius 2 is 1.88 bits per heavy atom. The van der Waals surface area contributed by atoms with Gasteiger partial charge in [-0.1, -0.05) is 36.0 Å². The summed E-state index contributed by atoms with van der Waals surface area (Å²) in [5, 5.41) is 7.01. The zero-order valence-corrected chi connectivity index (χ0v) is 14.8. The fourth-order valence-electron chi connectivity index (χ4n) is 2.77. The van der Waals surface area contributed by atoms with E-state index >= 15 is 0 Å². The van der Waals surface area contributed by atoms with Crippen LogP contribution in [0.15, 0.2) is 24.3 Å². The minimum atomic E-state index is -0.162. The van der Waals surface area contributed by atoms with E-state index in [0.717, 1.165) is 25.7 Å². The van der Waals surface area contributed by atoms with Gasteiger partial charge in [0.15, 0.2) is 0 Å². The Labute approximate surface area is 150 Å². The van der Waals surface area contributed by atoms with E-state index in [0.29, 0.717) is 33.1 Å². The summed E-state index contributed by atoms with van der Waals surface area (Å²) in [6.45, 7) is 1.83. The van der Waals surface area contributed by atoms with Crippen molar-refractivity contribution in [2.24, 2.45) is 0 Å². The Morgan fingerprint density at radius 3 is 2.58 bits per heavy atom. The first-order valence-corrected chi connectivity index (χ1v) is 8.65. The van der Waals surface area contributed by atoms with Gasteiger partial charge in [-0.3, -0.25) is 4.79 Å². The molecule has 126 valence electrons. The van der Waals surface area contributed by atoms with Gasteiger partial charge in [-0.05, 0) is 44.0 Å². The number of carbonyl (C=O) groups excluding carboxylic acids is 1. The summed E-state index contributed by atoms with van der Waals surface area (Å²) in [6, 6.07) is 7.09. The molecule has 2 N–H and O–H groups in total. The smallest absolute Gasteiger partial charge is 0.270 e. The molecule has 0 radical (unpaired) electrons. The van der Waals surface area contributed by atoms with E-state index in [4.69, 9.17) is 23.2 Å². The third kappa shape index (κ3) is 4.16. The van der Waals surface area contributed by atoms with E-state index < -0.39 is 0 Å². The number of halogens is 2. The standard InChI is InChI=1S/C17H18Cl2N4O/c1-10-8-15(16(24)21-11-4-2-3-5-11)23-17(20-10)22-12-6-7-13(18)14(19)9-12/h6-9,11H,2-5H2,1H3,(H,21,24)(H,20,22,23). The Balaban J connectivity index is 1.77. The maximum atomic E-state index is 12.4. The van der Waals surface area contributed by atoms with Crippen LogP contribution in [0.3, 0.4) is 0 Å². The summed E-state index contributed by atoms with van der Waals surface area (Å²) in [7, 11) is 0. The lowest BCUT2D eigenvalue weighted by Gasteiger charge is -2.13. The van der Waals surface area contributed by atoms with Gasteiger partial charge in [0.1, 0.15) is 5.69 Å². The predicted molar refractivity (Wildman–Crippen MR) is 96.2 cm³/mol. The molecule has 0 aliphatic heterocycles. The van der Waals surface area contributed by atoms with Crippen molar-refractivity contribution in [1.29, 1.82) is 0 Å². The molecule has 1 aromatic carbocycles. The number of aromatic nitrogens is 2. The van der Waals surface area contributed by atoms with Crippen LogP contribution in [0.1, 0.15) is 41.9 Å². The maximum absolute atomic E-state index is 12.4. The molecule has 1 heterocycles. The fourth-order valence-corrected chi connectivity index (χ4v) is 3.07. The number of nitrogens with zero attached hydrogens (tertiary/aromatic N) is 2. The Bertz CT molecular complexity index is 760. The second-order valence-corrected chi connectivity index (χ2v) is 6.74. The molecule has 1 aliphatic carbocycles. The lowest BCUT2D eigenvalue weighted by atomic mass is 10.2. The second kappa shape index (κ2) is 7.36. The van der Waals surface area contributed by atoms with Crippen molar-refractivity contribution < 1.29 is 4.79 Å². The van der Waals surface area contributed by atoms with Crippen LogP contribution < -0.4 is 10.6 Å². The van der Waals surface area contributed by atoms with E-state index in [-0.39, 0.29) is 11.9 Å². The SMILES string of the molecule is Cc1cc(C(=O)NC2CCCC2)nc(Nc2ccc(Cl)c(Cl)c2)n1. The zero-order chi connectivity index (χ0) is 17.1. The van der Waals surface area contributed by atoms with E-state index in [1.54, 1.807) is 24.3 Å². The molecule has 2 aromatic rings. The van der Waals surface area contributed by atoms with Crippen LogP contribution in [-0.2, 0) is 0 Å². The van der Waals surface area contributed by atoms with E-state index in [9.17, 15) is 4.79 Å². The highest BCUT2D eigenvalue weighted by molar-refractivity contribution is 6.42. The number of benzene rings is 1. The highest BCUT2D eigenvalue weighted by Crippen LogP contribution is 2.26. The van der Waals surface area contributed by atoms with Gasteiger partial charge in [0.05, 0.1) is 10.0 Å². The summed E-state index contributed by atoms with van der Waals surface area (Å²) in [6.07, 6.45) is 4.39. The van der Waals surface area contributed by atoms with Crippen molar-refractivity contribution in [3.63, 3.8) is 0 Å². The zero-order valence-electron chi connectivity index (χ0n) is 13.3. The van der Waals surface area contributed by atoms with Crippen molar-refractivity contribution in [3.05, 3.63) is 45.7 Å². The summed E-state index contributed by atoms with van der Waals surface area (Å²) >= 11 is 11.9. The van der Waals surface area contributed by atoms with E-state index in [2.05, 4.69) is 20.6 Å². The monoisotopic (exact) mass is 364 g/mol. The second-order valence-electron chi connectivity index (χ2n) is 5.93. The summed E-state index contributed by atoms with van der Waals surface area (Å²) < 4.78 is 0.